The first-order chi connectivity index (χ1) is 18.1. The molecular weight excluding hydrogens is 471 g/mol. The summed E-state index contributed by atoms with van der Waals surface area (Å²) in [6.07, 6.45) is 2.43. The highest BCUT2D eigenvalue weighted by Gasteiger charge is 2.52. The zero-order chi connectivity index (χ0) is 26.1. The minimum atomic E-state index is -1.24. The van der Waals surface area contributed by atoms with Gasteiger partial charge in [0.1, 0.15) is 11.6 Å². The van der Waals surface area contributed by atoms with Gasteiger partial charge in [-0.1, -0.05) is 48.5 Å². The van der Waals surface area contributed by atoms with Crippen molar-refractivity contribution in [1.29, 1.82) is 0 Å². The molecule has 0 saturated carbocycles. The number of hydrogen-bond acceptors (Lipinski definition) is 5. The number of nitrogens with zero attached hydrogens (tertiary/aromatic N) is 1. The van der Waals surface area contributed by atoms with Crippen LogP contribution in [-0.2, 0) is 16.0 Å². The van der Waals surface area contributed by atoms with Gasteiger partial charge in [0.05, 0.1) is 6.61 Å². The Labute approximate surface area is 216 Å². The Balaban J connectivity index is 1.59. The third kappa shape index (κ3) is 6.24. The van der Waals surface area contributed by atoms with E-state index in [0.717, 1.165) is 16.7 Å². The largest absolute Gasteiger partial charge is 0.494 e. The highest BCUT2D eigenvalue weighted by atomic mass is 19.1. The predicted octanol–water partition coefficient (Wildman–Crippen LogP) is 4.78. The quantitative estimate of drug-likeness (QED) is 0.276. The van der Waals surface area contributed by atoms with E-state index in [-0.39, 0.29) is 24.8 Å². The number of ether oxygens (including phenoxy) is 2. The molecule has 2 N–H and O–H groups in total. The number of rotatable bonds is 12. The van der Waals surface area contributed by atoms with Crippen LogP contribution in [0.3, 0.4) is 0 Å². The van der Waals surface area contributed by atoms with Crippen molar-refractivity contribution >= 4 is 11.8 Å². The fourth-order valence-corrected chi connectivity index (χ4v) is 4.29. The fourth-order valence-electron chi connectivity index (χ4n) is 4.29. The van der Waals surface area contributed by atoms with Crippen LogP contribution >= 0.6 is 0 Å². The van der Waals surface area contributed by atoms with Crippen molar-refractivity contribution in [2.45, 2.75) is 30.9 Å². The smallest absolute Gasteiger partial charge is 0.252 e. The van der Waals surface area contributed by atoms with Crippen molar-refractivity contribution in [3.05, 3.63) is 114 Å². The van der Waals surface area contributed by atoms with E-state index in [1.165, 1.54) is 12.1 Å². The third-order valence-corrected chi connectivity index (χ3v) is 6.20. The number of aliphatic hydroxyl groups excluding tert-OH is 1. The number of aliphatic hydroxyl groups is 1. The zero-order valence-corrected chi connectivity index (χ0v) is 20.6. The van der Waals surface area contributed by atoms with E-state index in [0.29, 0.717) is 37.6 Å². The van der Waals surface area contributed by atoms with E-state index in [4.69, 9.17) is 19.6 Å². The maximum Gasteiger partial charge on any atom is 0.252 e. The summed E-state index contributed by atoms with van der Waals surface area (Å²) in [6, 6.07) is 23.1. The molecule has 37 heavy (non-hydrogen) atoms. The molecule has 0 saturated heterocycles. The average molecular weight is 503 g/mol. The van der Waals surface area contributed by atoms with Crippen LogP contribution in [0.15, 0.2) is 96.5 Å². The van der Waals surface area contributed by atoms with E-state index in [2.05, 4.69) is 11.9 Å². The van der Waals surface area contributed by atoms with E-state index < -0.39 is 11.6 Å². The van der Waals surface area contributed by atoms with Crippen LogP contribution in [0.2, 0.25) is 0 Å². The lowest BCUT2D eigenvalue weighted by molar-refractivity contribution is -0.128. The average Bonchev–Trinajstić information content (AvgIpc) is 3.32. The minimum absolute atomic E-state index is 0.0704. The number of amides is 1. The molecule has 6 nitrogen and oxygen atoms in total. The van der Waals surface area contributed by atoms with E-state index in [1.54, 1.807) is 18.2 Å². The fraction of sp³-hybridized carbons (Fsp3) is 0.267. The summed E-state index contributed by atoms with van der Waals surface area (Å²) in [5.41, 5.74) is 1.24. The lowest BCUT2D eigenvalue weighted by Gasteiger charge is -2.29. The molecule has 1 heterocycles. The molecule has 0 bridgehead atoms. The summed E-state index contributed by atoms with van der Waals surface area (Å²) in [4.78, 5) is 18.6. The standard InChI is InChI=1S/C30H31FN2O4/c1-2-18-30(29(35)32-19-17-22-9-13-25(31)14-10-22)27(23-7-4-3-5-8-23)37-28(33-30)24-11-15-26(16-12-24)36-21-6-20-34/h2-5,7-16,27,34H,1,6,17-21H2,(H,32,35)/t27-,30-/m1/s1. The van der Waals surface area contributed by atoms with Crippen molar-refractivity contribution in [2.24, 2.45) is 4.99 Å². The van der Waals surface area contributed by atoms with Gasteiger partial charge in [-0.25, -0.2) is 9.38 Å². The number of aliphatic imine (C=N–C) groups is 1. The van der Waals surface area contributed by atoms with Crippen LogP contribution in [0.4, 0.5) is 4.39 Å². The van der Waals surface area contributed by atoms with Gasteiger partial charge in [0.15, 0.2) is 11.6 Å². The molecule has 1 aliphatic heterocycles. The Morgan fingerprint density at radius 3 is 2.51 bits per heavy atom. The number of carbonyl (C=O) groups excluding carboxylic acids is 1. The summed E-state index contributed by atoms with van der Waals surface area (Å²) in [5.74, 6) is 0.484. The maximum atomic E-state index is 13.7. The molecule has 0 fully saturated rings. The van der Waals surface area contributed by atoms with Crippen LogP contribution in [-0.4, -0.2) is 42.2 Å². The van der Waals surface area contributed by atoms with Gasteiger partial charge >= 0.3 is 0 Å². The second-order valence-corrected chi connectivity index (χ2v) is 8.82. The Bertz CT molecular complexity index is 1210. The van der Waals surface area contributed by atoms with Gasteiger partial charge in [-0.2, -0.15) is 0 Å². The van der Waals surface area contributed by atoms with Crippen molar-refractivity contribution in [3.63, 3.8) is 0 Å². The summed E-state index contributed by atoms with van der Waals surface area (Å²) in [6.45, 7) is 4.75. The minimum Gasteiger partial charge on any atom is -0.494 e. The lowest BCUT2D eigenvalue weighted by atomic mass is 9.84. The summed E-state index contributed by atoms with van der Waals surface area (Å²) >= 11 is 0. The van der Waals surface area contributed by atoms with Crippen LogP contribution in [0.25, 0.3) is 0 Å². The van der Waals surface area contributed by atoms with Crippen LogP contribution in [0.5, 0.6) is 5.75 Å². The topological polar surface area (TPSA) is 80.2 Å². The Kier molecular flexibility index (Phi) is 8.69. The van der Waals surface area contributed by atoms with Gasteiger partial charge < -0.3 is 19.9 Å². The summed E-state index contributed by atoms with van der Waals surface area (Å²) in [7, 11) is 0. The molecule has 7 heteroatoms. The third-order valence-electron chi connectivity index (χ3n) is 6.20. The van der Waals surface area contributed by atoms with Gasteiger partial charge in [-0.15, -0.1) is 6.58 Å². The molecule has 1 amide bonds. The highest BCUT2D eigenvalue weighted by molar-refractivity contribution is 6.01. The second kappa shape index (κ2) is 12.3. The molecule has 3 aromatic rings. The van der Waals surface area contributed by atoms with Crippen molar-refractivity contribution in [1.82, 2.24) is 5.32 Å². The number of halogens is 1. The zero-order valence-electron chi connectivity index (χ0n) is 20.6. The van der Waals surface area contributed by atoms with E-state index in [9.17, 15) is 9.18 Å². The normalized spacial score (nSPS) is 18.5. The molecular formula is C30H31FN2O4. The van der Waals surface area contributed by atoms with Crippen LogP contribution in [0.1, 0.15) is 35.6 Å². The lowest BCUT2D eigenvalue weighted by Crippen LogP contribution is -2.48. The van der Waals surface area contributed by atoms with Crippen molar-refractivity contribution in [3.8, 4) is 5.75 Å². The van der Waals surface area contributed by atoms with Gasteiger partial charge in [0.2, 0.25) is 5.90 Å². The summed E-state index contributed by atoms with van der Waals surface area (Å²) < 4.78 is 25.2. The van der Waals surface area contributed by atoms with Crippen LogP contribution < -0.4 is 10.1 Å². The van der Waals surface area contributed by atoms with E-state index in [1.807, 2.05) is 54.6 Å². The summed E-state index contributed by atoms with van der Waals surface area (Å²) in [5, 5.41) is 12.0. The van der Waals surface area contributed by atoms with Crippen LogP contribution in [0, 0.1) is 5.82 Å². The number of benzene rings is 3. The first kappa shape index (κ1) is 26.1. The molecule has 192 valence electrons. The molecule has 0 radical (unpaired) electrons. The van der Waals surface area contributed by atoms with Crippen molar-refractivity contribution < 1.29 is 23.8 Å². The molecule has 2 atom stereocenters. The highest BCUT2D eigenvalue weighted by Crippen LogP contribution is 2.42. The molecule has 0 aliphatic carbocycles. The number of nitrogens with one attached hydrogen (secondary N) is 1. The SMILES string of the molecule is C=CC[C@@]1(C(=O)NCCc2ccc(F)cc2)N=C(c2ccc(OCCCO)cc2)O[C@@H]1c1ccccc1. The first-order valence-electron chi connectivity index (χ1n) is 12.3. The van der Waals surface area contributed by atoms with Crippen molar-refractivity contribution in [2.75, 3.05) is 19.8 Å². The number of hydrogen-bond donors (Lipinski definition) is 2. The molecule has 0 unspecified atom stereocenters. The second-order valence-electron chi connectivity index (χ2n) is 8.82. The molecule has 3 aromatic carbocycles. The monoisotopic (exact) mass is 502 g/mol. The Morgan fingerprint density at radius 2 is 1.84 bits per heavy atom. The molecule has 4 rings (SSSR count). The van der Waals surface area contributed by atoms with Gasteiger partial charge in [-0.05, 0) is 53.9 Å². The van der Waals surface area contributed by atoms with Gasteiger partial charge in [-0.3, -0.25) is 4.79 Å². The van der Waals surface area contributed by atoms with Gasteiger partial charge in [0.25, 0.3) is 5.91 Å². The van der Waals surface area contributed by atoms with E-state index >= 15 is 0 Å². The predicted molar refractivity (Wildman–Crippen MR) is 141 cm³/mol. The first-order valence-corrected chi connectivity index (χ1v) is 12.3. The Morgan fingerprint density at radius 1 is 1.11 bits per heavy atom. The van der Waals surface area contributed by atoms with Gasteiger partial charge in [0, 0.05) is 31.6 Å². The molecule has 0 spiro atoms. The molecule has 0 aromatic heterocycles. The Hall–Kier alpha value is -3.97. The molecule has 1 aliphatic rings. The maximum absolute atomic E-state index is 13.7. The number of carbonyl (C=O) groups is 1.